The van der Waals surface area contributed by atoms with Gasteiger partial charge in [0, 0.05) is 4.47 Å². The number of nitrogens with zero attached hydrogens (tertiary/aromatic N) is 4. The van der Waals surface area contributed by atoms with Gasteiger partial charge < -0.3 is 5.32 Å². The molecule has 0 saturated heterocycles. The highest BCUT2D eigenvalue weighted by atomic mass is 79.9. The van der Waals surface area contributed by atoms with Gasteiger partial charge in [0.1, 0.15) is 0 Å². The molecule has 1 atom stereocenters. The topological polar surface area (TPSA) is 55.6 Å². The molecule has 0 amide bonds. The number of rotatable bonds is 5. The summed E-state index contributed by atoms with van der Waals surface area (Å²) in [6.07, 6.45) is 0. The van der Waals surface area contributed by atoms with Crippen LogP contribution >= 0.6 is 15.9 Å². The van der Waals surface area contributed by atoms with Crippen LogP contribution in [0, 0.1) is 0 Å². The van der Waals surface area contributed by atoms with Crippen LogP contribution in [0.25, 0.3) is 0 Å². The third-order valence-electron chi connectivity index (χ3n) is 2.68. The number of halogens is 1. The van der Waals surface area contributed by atoms with E-state index in [-0.39, 0.29) is 6.04 Å². The van der Waals surface area contributed by atoms with Crippen LogP contribution in [0.15, 0.2) is 28.7 Å². The van der Waals surface area contributed by atoms with Gasteiger partial charge in [-0.3, -0.25) is 0 Å². The maximum atomic E-state index is 4.08. The van der Waals surface area contributed by atoms with Crippen molar-refractivity contribution < 1.29 is 0 Å². The summed E-state index contributed by atoms with van der Waals surface area (Å²) in [5, 5.41) is 15.2. The van der Waals surface area contributed by atoms with Gasteiger partial charge >= 0.3 is 0 Å². The predicted octanol–water partition coefficient (Wildman–Crippen LogP) is 2.15. The zero-order valence-electron chi connectivity index (χ0n) is 10.5. The van der Waals surface area contributed by atoms with E-state index in [1.165, 1.54) is 5.56 Å². The summed E-state index contributed by atoms with van der Waals surface area (Å²) in [4.78, 5) is 0. The monoisotopic (exact) mass is 309 g/mol. The third kappa shape index (κ3) is 3.14. The summed E-state index contributed by atoms with van der Waals surface area (Å²) >= 11 is 3.47. The van der Waals surface area contributed by atoms with Gasteiger partial charge in [-0.15, -0.1) is 5.10 Å². The zero-order valence-corrected chi connectivity index (χ0v) is 12.1. The molecule has 18 heavy (non-hydrogen) atoms. The molecule has 0 aliphatic rings. The van der Waals surface area contributed by atoms with Gasteiger partial charge in [0.25, 0.3) is 0 Å². The Bertz CT molecular complexity index is 511. The lowest BCUT2D eigenvalue weighted by Gasteiger charge is -2.12. The first-order valence-electron chi connectivity index (χ1n) is 5.94. The van der Waals surface area contributed by atoms with Gasteiger partial charge in [0.15, 0.2) is 5.82 Å². The number of nitrogens with one attached hydrogen (secondary N) is 1. The van der Waals surface area contributed by atoms with Gasteiger partial charge in [-0.25, -0.2) is 4.68 Å². The highest BCUT2D eigenvalue weighted by Crippen LogP contribution is 2.14. The molecule has 2 rings (SSSR count). The molecular formula is C12H16BrN5. The van der Waals surface area contributed by atoms with Crippen LogP contribution in [0.2, 0.25) is 0 Å². The lowest BCUT2D eigenvalue weighted by molar-refractivity contribution is 0.516. The maximum Gasteiger partial charge on any atom is 0.168 e. The molecule has 1 aromatic carbocycles. The van der Waals surface area contributed by atoms with Crippen molar-refractivity contribution in [2.24, 2.45) is 0 Å². The summed E-state index contributed by atoms with van der Waals surface area (Å²) < 4.78 is 2.89. The standard InChI is InChI=1S/C12H16BrN5/c1-3-14-9(2)12-15-16-17-18(12)8-10-5-4-6-11(13)7-10/h4-7,9,14H,3,8H2,1-2H3. The van der Waals surface area contributed by atoms with Crippen molar-refractivity contribution in [1.29, 1.82) is 0 Å². The van der Waals surface area contributed by atoms with E-state index in [4.69, 9.17) is 0 Å². The van der Waals surface area contributed by atoms with Gasteiger partial charge in [-0.1, -0.05) is 35.0 Å². The van der Waals surface area contributed by atoms with E-state index in [1.807, 2.05) is 16.8 Å². The Hall–Kier alpha value is -1.27. The molecule has 0 bridgehead atoms. The lowest BCUT2D eigenvalue weighted by atomic mass is 10.2. The van der Waals surface area contributed by atoms with Crippen molar-refractivity contribution in [3.05, 3.63) is 40.1 Å². The number of benzene rings is 1. The van der Waals surface area contributed by atoms with E-state index in [9.17, 15) is 0 Å². The second kappa shape index (κ2) is 6.06. The van der Waals surface area contributed by atoms with Crippen LogP contribution in [-0.2, 0) is 6.54 Å². The fourth-order valence-electron chi connectivity index (χ4n) is 1.84. The van der Waals surface area contributed by atoms with Gasteiger partial charge in [0.05, 0.1) is 12.6 Å². The molecule has 1 N–H and O–H groups in total. The Morgan fingerprint density at radius 3 is 3.00 bits per heavy atom. The number of hydrogen-bond donors (Lipinski definition) is 1. The van der Waals surface area contributed by atoms with Crippen LogP contribution < -0.4 is 5.32 Å². The first-order chi connectivity index (χ1) is 8.70. The first-order valence-corrected chi connectivity index (χ1v) is 6.74. The third-order valence-corrected chi connectivity index (χ3v) is 3.17. The molecule has 0 radical (unpaired) electrons. The summed E-state index contributed by atoms with van der Waals surface area (Å²) in [6.45, 7) is 5.70. The predicted molar refractivity (Wildman–Crippen MR) is 73.2 cm³/mol. The highest BCUT2D eigenvalue weighted by Gasteiger charge is 2.13. The Balaban J connectivity index is 2.17. The lowest BCUT2D eigenvalue weighted by Crippen LogP contribution is -2.22. The smallest absolute Gasteiger partial charge is 0.168 e. The first kappa shape index (κ1) is 13.2. The molecule has 0 saturated carbocycles. The van der Waals surface area contributed by atoms with Crippen molar-refractivity contribution in [2.45, 2.75) is 26.4 Å². The molecule has 5 nitrogen and oxygen atoms in total. The summed E-state index contributed by atoms with van der Waals surface area (Å²) in [7, 11) is 0. The zero-order chi connectivity index (χ0) is 13.0. The highest BCUT2D eigenvalue weighted by molar-refractivity contribution is 9.10. The Labute approximate surface area is 115 Å². The Morgan fingerprint density at radius 1 is 1.44 bits per heavy atom. The molecule has 0 spiro atoms. The minimum Gasteiger partial charge on any atom is -0.308 e. The van der Waals surface area contributed by atoms with Crippen molar-refractivity contribution in [3.8, 4) is 0 Å². The van der Waals surface area contributed by atoms with Crippen LogP contribution in [0.1, 0.15) is 31.3 Å². The molecule has 2 aromatic rings. The molecule has 1 aromatic heterocycles. The maximum absolute atomic E-state index is 4.08. The van der Waals surface area contributed by atoms with E-state index in [0.29, 0.717) is 6.54 Å². The van der Waals surface area contributed by atoms with Gasteiger partial charge in [-0.2, -0.15) is 0 Å². The van der Waals surface area contributed by atoms with E-state index < -0.39 is 0 Å². The molecule has 6 heteroatoms. The van der Waals surface area contributed by atoms with E-state index in [0.717, 1.165) is 16.8 Å². The minimum absolute atomic E-state index is 0.150. The molecule has 1 unspecified atom stereocenters. The van der Waals surface area contributed by atoms with Crippen LogP contribution in [-0.4, -0.2) is 26.8 Å². The van der Waals surface area contributed by atoms with E-state index in [1.54, 1.807) is 0 Å². The molecular weight excluding hydrogens is 294 g/mol. The average molecular weight is 310 g/mol. The number of aromatic nitrogens is 4. The van der Waals surface area contributed by atoms with Crippen LogP contribution in [0.5, 0.6) is 0 Å². The molecule has 1 heterocycles. The summed E-state index contributed by atoms with van der Waals surface area (Å²) in [5.41, 5.74) is 1.17. The SMILES string of the molecule is CCNC(C)c1nnnn1Cc1cccc(Br)c1. The summed E-state index contributed by atoms with van der Waals surface area (Å²) in [5.74, 6) is 0.858. The van der Waals surface area contributed by atoms with Crippen molar-refractivity contribution in [1.82, 2.24) is 25.5 Å². The second-order valence-electron chi connectivity index (χ2n) is 4.10. The molecule has 96 valence electrons. The van der Waals surface area contributed by atoms with Crippen LogP contribution in [0.3, 0.4) is 0 Å². The minimum atomic E-state index is 0.150. The van der Waals surface area contributed by atoms with E-state index in [2.05, 4.69) is 62.8 Å². The van der Waals surface area contributed by atoms with Crippen molar-refractivity contribution in [2.75, 3.05) is 6.54 Å². The number of tetrazole rings is 1. The summed E-state index contributed by atoms with van der Waals surface area (Å²) in [6, 6.07) is 8.30. The second-order valence-corrected chi connectivity index (χ2v) is 5.02. The quantitative estimate of drug-likeness (QED) is 0.919. The van der Waals surface area contributed by atoms with Crippen LogP contribution in [0.4, 0.5) is 0 Å². The van der Waals surface area contributed by atoms with Gasteiger partial charge in [0.2, 0.25) is 0 Å². The average Bonchev–Trinajstić information content (AvgIpc) is 2.77. The van der Waals surface area contributed by atoms with E-state index >= 15 is 0 Å². The Kier molecular flexibility index (Phi) is 4.43. The Morgan fingerprint density at radius 2 is 2.28 bits per heavy atom. The van der Waals surface area contributed by atoms with Crippen molar-refractivity contribution in [3.63, 3.8) is 0 Å². The molecule has 0 aliphatic heterocycles. The molecule has 0 aliphatic carbocycles. The van der Waals surface area contributed by atoms with Gasteiger partial charge in [-0.05, 0) is 41.6 Å². The normalized spacial score (nSPS) is 12.6. The number of hydrogen-bond acceptors (Lipinski definition) is 4. The largest absolute Gasteiger partial charge is 0.308 e. The van der Waals surface area contributed by atoms with Crippen molar-refractivity contribution >= 4 is 15.9 Å². The fourth-order valence-corrected chi connectivity index (χ4v) is 2.29. The molecule has 0 fully saturated rings. The fraction of sp³-hybridized carbons (Fsp3) is 0.417.